The van der Waals surface area contributed by atoms with Gasteiger partial charge in [0.1, 0.15) is 0 Å². The van der Waals surface area contributed by atoms with E-state index in [1.807, 2.05) is 0 Å². The van der Waals surface area contributed by atoms with Crippen molar-refractivity contribution >= 4 is 38.9 Å². The molecule has 0 spiro atoms. The molecule has 9 aromatic carbocycles. The predicted octanol–water partition coefficient (Wildman–Crippen LogP) is 14.6. The van der Waals surface area contributed by atoms with Crippen molar-refractivity contribution in [1.29, 1.82) is 0 Å². The fourth-order valence-corrected chi connectivity index (χ4v) is 10.3. The smallest absolute Gasteiger partial charge is 0.0714 e. The van der Waals surface area contributed by atoms with E-state index < -0.39 is 5.41 Å². The lowest BCUT2D eigenvalue weighted by Gasteiger charge is -2.35. The lowest BCUT2D eigenvalue weighted by atomic mass is 9.67. The maximum Gasteiger partial charge on any atom is 0.0714 e. The van der Waals surface area contributed by atoms with E-state index in [2.05, 4.69) is 229 Å². The minimum atomic E-state index is -0.546. The number of nitrogens with zero attached hydrogens (tertiary/aromatic N) is 2. The van der Waals surface area contributed by atoms with Crippen molar-refractivity contribution in [2.24, 2.45) is 0 Å². The summed E-state index contributed by atoms with van der Waals surface area (Å²) in [7, 11) is 0. The van der Waals surface area contributed by atoms with E-state index in [4.69, 9.17) is 0 Å². The van der Waals surface area contributed by atoms with E-state index in [0.717, 1.165) is 17.1 Å². The Labute approximate surface area is 338 Å². The third kappa shape index (κ3) is 4.49. The fraction of sp³-hybridized carbons (Fsp3) is 0.0357. The Morgan fingerprint density at radius 3 is 1.79 bits per heavy atom. The average Bonchev–Trinajstić information content (AvgIpc) is 3.74. The van der Waals surface area contributed by atoms with Gasteiger partial charge in [-0.2, -0.15) is 0 Å². The van der Waals surface area contributed by atoms with Gasteiger partial charge in [-0.15, -0.1) is 0 Å². The molecule has 0 N–H and O–H groups in total. The highest BCUT2D eigenvalue weighted by molar-refractivity contribution is 6.20. The van der Waals surface area contributed by atoms with E-state index in [-0.39, 0.29) is 0 Å². The van der Waals surface area contributed by atoms with Crippen LogP contribution in [0.15, 0.2) is 212 Å². The second-order valence-corrected chi connectivity index (χ2v) is 15.7. The highest BCUT2D eigenvalue weighted by Crippen LogP contribution is 2.64. The summed E-state index contributed by atoms with van der Waals surface area (Å²) < 4.78 is 2.56. The summed E-state index contributed by atoms with van der Waals surface area (Å²) in [5, 5.41) is 2.55. The van der Waals surface area contributed by atoms with Crippen LogP contribution in [0.2, 0.25) is 0 Å². The molecule has 1 aromatic heterocycles. The van der Waals surface area contributed by atoms with Gasteiger partial charge in [0, 0.05) is 38.8 Å². The van der Waals surface area contributed by atoms with Crippen molar-refractivity contribution in [1.82, 2.24) is 4.57 Å². The lowest BCUT2D eigenvalue weighted by molar-refractivity contribution is 0.769. The quantitative estimate of drug-likeness (QED) is 0.165. The van der Waals surface area contributed by atoms with E-state index >= 15 is 0 Å². The van der Waals surface area contributed by atoms with Crippen LogP contribution < -0.4 is 4.90 Å². The number of aryl methyl sites for hydroxylation is 1. The number of hydrogen-bond acceptors (Lipinski definition) is 1. The molecule has 2 aliphatic rings. The first-order valence-electron chi connectivity index (χ1n) is 20.2. The third-order valence-corrected chi connectivity index (χ3v) is 12.6. The van der Waals surface area contributed by atoms with Crippen LogP contribution in [0.4, 0.5) is 17.1 Å². The second kappa shape index (κ2) is 12.5. The monoisotopic (exact) mass is 738 g/mol. The molecule has 10 aromatic rings. The maximum atomic E-state index is 2.56. The molecule has 0 saturated carbocycles. The summed E-state index contributed by atoms with van der Waals surface area (Å²) in [6.07, 6.45) is 0. The van der Waals surface area contributed by atoms with Crippen molar-refractivity contribution in [3.8, 4) is 39.1 Å². The number of para-hydroxylation sites is 3. The van der Waals surface area contributed by atoms with Crippen LogP contribution in [-0.4, -0.2) is 4.57 Å². The summed E-state index contributed by atoms with van der Waals surface area (Å²) in [6, 6.07) is 78.8. The molecule has 2 heteroatoms. The summed E-state index contributed by atoms with van der Waals surface area (Å²) in [5.41, 5.74) is 20.4. The van der Waals surface area contributed by atoms with Crippen LogP contribution in [0.5, 0.6) is 0 Å². The van der Waals surface area contributed by atoms with E-state index in [1.54, 1.807) is 0 Å². The first kappa shape index (κ1) is 32.8. The van der Waals surface area contributed by atoms with Crippen molar-refractivity contribution in [2.45, 2.75) is 12.3 Å². The molecular weight excluding hydrogens is 701 g/mol. The minimum absolute atomic E-state index is 0.546. The van der Waals surface area contributed by atoms with Crippen LogP contribution >= 0.6 is 0 Å². The lowest BCUT2D eigenvalue weighted by Crippen LogP contribution is -2.28. The molecule has 0 unspecified atom stereocenters. The van der Waals surface area contributed by atoms with Gasteiger partial charge in [-0.05, 0) is 88.3 Å². The van der Waals surface area contributed by atoms with Crippen LogP contribution in [0.1, 0.15) is 27.8 Å². The van der Waals surface area contributed by atoms with E-state index in [0.29, 0.717) is 0 Å². The molecule has 58 heavy (non-hydrogen) atoms. The Morgan fingerprint density at radius 2 is 1.05 bits per heavy atom. The van der Waals surface area contributed by atoms with Crippen LogP contribution in [-0.2, 0) is 5.41 Å². The topological polar surface area (TPSA) is 8.17 Å². The van der Waals surface area contributed by atoms with Gasteiger partial charge in [0.2, 0.25) is 0 Å². The van der Waals surface area contributed by atoms with Crippen LogP contribution in [0, 0.1) is 6.92 Å². The first-order valence-corrected chi connectivity index (χ1v) is 20.2. The Bertz CT molecular complexity index is 3170. The van der Waals surface area contributed by atoms with Gasteiger partial charge in [-0.25, -0.2) is 0 Å². The van der Waals surface area contributed by atoms with Gasteiger partial charge in [0.25, 0.3) is 0 Å². The molecule has 0 fully saturated rings. The summed E-state index contributed by atoms with van der Waals surface area (Å²) in [5.74, 6) is 0. The minimum Gasteiger partial charge on any atom is -0.310 e. The molecule has 272 valence electrons. The molecule has 1 aliphatic heterocycles. The number of anilines is 3. The van der Waals surface area contributed by atoms with Gasteiger partial charge in [0.15, 0.2) is 0 Å². The van der Waals surface area contributed by atoms with Crippen molar-refractivity contribution in [3.63, 3.8) is 0 Å². The Hall–Kier alpha value is -7.42. The SMILES string of the molecule is Cc1cccc(-c2ccc(N(c3ccccc3)c3ccc4c5c3-c3ccccc3-n3c6ccccc6c6ccc(c-5c63)C4(c3ccccc3)c3ccccc3)cc2)c1. The molecule has 2 heterocycles. The Balaban J connectivity index is 1.24. The Morgan fingerprint density at radius 1 is 0.431 bits per heavy atom. The van der Waals surface area contributed by atoms with Gasteiger partial charge in [-0.1, -0.05) is 175 Å². The number of benzene rings is 9. The standard InChI is InChI=1S/C56H38N2/c1-37-16-15-17-39(36-37)38-28-30-43(31-29-38)57(42-22-9-4-10-23-42)51-35-34-47-53-52(51)46-25-12-14-27-50(46)58-49-26-13-11-24-44(49)45-32-33-48(54(53)55(45)58)56(47,40-18-5-2-6-19-40)41-20-7-3-8-21-41/h2-36H,1H3. The Kier molecular flexibility index (Phi) is 7.09. The number of aromatic nitrogens is 1. The van der Waals surface area contributed by atoms with Crippen molar-refractivity contribution in [2.75, 3.05) is 4.90 Å². The molecule has 0 bridgehead atoms. The van der Waals surface area contributed by atoms with Gasteiger partial charge >= 0.3 is 0 Å². The molecule has 1 aliphatic carbocycles. The zero-order chi connectivity index (χ0) is 38.4. The molecule has 2 nitrogen and oxygen atoms in total. The van der Waals surface area contributed by atoms with E-state index in [1.165, 1.54) is 88.7 Å². The van der Waals surface area contributed by atoms with Gasteiger partial charge in [0.05, 0.1) is 27.8 Å². The average molecular weight is 739 g/mol. The van der Waals surface area contributed by atoms with Crippen molar-refractivity contribution in [3.05, 3.63) is 240 Å². The van der Waals surface area contributed by atoms with Gasteiger partial charge < -0.3 is 9.47 Å². The highest BCUT2D eigenvalue weighted by Gasteiger charge is 2.49. The first-order chi connectivity index (χ1) is 28.7. The molecule has 0 radical (unpaired) electrons. The molecule has 0 saturated heterocycles. The zero-order valence-corrected chi connectivity index (χ0v) is 32.1. The number of rotatable bonds is 6. The van der Waals surface area contributed by atoms with E-state index in [9.17, 15) is 0 Å². The van der Waals surface area contributed by atoms with Crippen LogP contribution in [0.25, 0.3) is 60.9 Å². The number of hydrogen-bond donors (Lipinski definition) is 0. The summed E-state index contributed by atoms with van der Waals surface area (Å²) in [4.78, 5) is 2.47. The normalized spacial score (nSPS) is 13.1. The second-order valence-electron chi connectivity index (χ2n) is 15.7. The zero-order valence-electron chi connectivity index (χ0n) is 32.1. The third-order valence-electron chi connectivity index (χ3n) is 12.6. The summed E-state index contributed by atoms with van der Waals surface area (Å²) >= 11 is 0. The molecule has 0 amide bonds. The van der Waals surface area contributed by atoms with Gasteiger partial charge in [-0.3, -0.25) is 0 Å². The summed E-state index contributed by atoms with van der Waals surface area (Å²) in [6.45, 7) is 2.16. The molecule has 12 rings (SSSR count). The highest BCUT2D eigenvalue weighted by atomic mass is 15.1. The fourth-order valence-electron chi connectivity index (χ4n) is 10.3. The number of fused-ring (bicyclic) bond motifs is 6. The van der Waals surface area contributed by atoms with Crippen LogP contribution in [0.3, 0.4) is 0 Å². The predicted molar refractivity (Wildman–Crippen MR) is 242 cm³/mol. The maximum absolute atomic E-state index is 2.56. The van der Waals surface area contributed by atoms with Crippen molar-refractivity contribution < 1.29 is 0 Å². The molecular formula is C56H38N2. The largest absolute Gasteiger partial charge is 0.310 e. The molecule has 0 atom stereocenters.